The predicted molar refractivity (Wildman–Crippen MR) is 158 cm³/mol. The number of amides is 2. The molecule has 240 valence electrons. The molecule has 0 saturated carbocycles. The first-order valence-corrected chi connectivity index (χ1v) is 14.6. The summed E-state index contributed by atoms with van der Waals surface area (Å²) in [4.78, 5) is 29.3. The number of hydrogen-bond acceptors (Lipinski definition) is 5. The maximum atomic E-state index is 14.9. The molecular weight excluding hydrogens is 580 g/mol. The van der Waals surface area contributed by atoms with E-state index in [0.29, 0.717) is 41.0 Å². The summed E-state index contributed by atoms with van der Waals surface area (Å²) in [7, 11) is 1.45. The third-order valence-corrected chi connectivity index (χ3v) is 7.87. The van der Waals surface area contributed by atoms with Crippen LogP contribution in [0.3, 0.4) is 0 Å². The predicted octanol–water partition coefficient (Wildman–Crippen LogP) is 8.26. The quantitative estimate of drug-likeness (QED) is 0.304. The van der Waals surface area contributed by atoms with Crippen molar-refractivity contribution in [3.63, 3.8) is 0 Å². The molecule has 0 spiro atoms. The van der Waals surface area contributed by atoms with Crippen molar-refractivity contribution < 1.29 is 41.4 Å². The number of rotatable bonds is 6. The molecule has 2 heterocycles. The molecule has 11 heteroatoms. The lowest BCUT2D eigenvalue weighted by molar-refractivity contribution is -0.137. The maximum Gasteiger partial charge on any atom is 0.416 e. The summed E-state index contributed by atoms with van der Waals surface area (Å²) < 4.78 is 72.4. The first-order valence-electron chi connectivity index (χ1n) is 14.6. The lowest BCUT2D eigenvalue weighted by Crippen LogP contribution is -2.43. The summed E-state index contributed by atoms with van der Waals surface area (Å²) in [6.07, 6.45) is -6.32. The molecule has 2 amide bonds. The monoisotopic (exact) mass is 620 g/mol. The molecule has 2 atom stereocenters. The van der Waals surface area contributed by atoms with Crippen molar-refractivity contribution in [3.05, 3.63) is 69.5 Å². The van der Waals surface area contributed by atoms with Crippen molar-refractivity contribution in [2.45, 2.75) is 84.7 Å². The zero-order valence-electron chi connectivity index (χ0n) is 26.4. The van der Waals surface area contributed by atoms with Crippen LogP contribution in [0.1, 0.15) is 87.8 Å². The van der Waals surface area contributed by atoms with Crippen LogP contribution in [0.25, 0.3) is 5.57 Å². The number of nitrogens with zero attached hydrogens (tertiary/aromatic N) is 2. The number of carbonyl (C=O) groups is 2. The highest BCUT2D eigenvalue weighted by molar-refractivity contribution is 5.79. The molecule has 0 aromatic heterocycles. The fourth-order valence-corrected chi connectivity index (χ4v) is 5.71. The fraction of sp³-hybridized carbons (Fsp3) is 0.515. The molecule has 2 aromatic carbocycles. The average Bonchev–Trinajstić information content (AvgIpc) is 3.19. The van der Waals surface area contributed by atoms with Gasteiger partial charge in [-0.2, -0.15) is 13.2 Å². The summed E-state index contributed by atoms with van der Waals surface area (Å²) in [6.45, 7) is 12.8. The second-order valence-electron chi connectivity index (χ2n) is 12.8. The molecule has 0 unspecified atom stereocenters. The Bertz CT molecular complexity index is 1460. The van der Waals surface area contributed by atoms with Gasteiger partial charge in [-0.25, -0.2) is 14.0 Å². The Hall–Kier alpha value is -3.76. The number of benzene rings is 2. The minimum absolute atomic E-state index is 0.0284. The second-order valence-corrected chi connectivity index (χ2v) is 12.8. The first-order chi connectivity index (χ1) is 20.4. The molecule has 4 rings (SSSR count). The van der Waals surface area contributed by atoms with Crippen molar-refractivity contribution in [2.75, 3.05) is 26.7 Å². The van der Waals surface area contributed by atoms with Gasteiger partial charge in [-0.1, -0.05) is 25.5 Å². The van der Waals surface area contributed by atoms with Crippen molar-refractivity contribution in [3.8, 4) is 5.75 Å². The third-order valence-electron chi connectivity index (χ3n) is 7.87. The average molecular weight is 621 g/mol. The van der Waals surface area contributed by atoms with Gasteiger partial charge >= 0.3 is 18.4 Å². The van der Waals surface area contributed by atoms with Crippen molar-refractivity contribution in [1.82, 2.24) is 9.80 Å². The summed E-state index contributed by atoms with van der Waals surface area (Å²) in [5, 5.41) is 0. The van der Waals surface area contributed by atoms with Gasteiger partial charge in [-0.15, -0.1) is 0 Å². The van der Waals surface area contributed by atoms with E-state index in [1.807, 2.05) is 13.8 Å². The molecule has 2 aliphatic heterocycles. The highest BCUT2D eigenvalue weighted by Gasteiger charge is 2.42. The standard InChI is InChI=1S/C33H40F4N2O5/c1-18(2)25-14-26(28(42-8)15-27(25)34)24-9-10-38(30(40)44-32(5,6)7)16-22(24)17-39-20(4)29(43-31(39)41)21-11-19(3)12-23(13-21)33(35,36)37/h11-15,18,20,29H,9-10,16-17H2,1-8H3/t20-,29-/m0/s1. The Morgan fingerprint density at radius 2 is 1.80 bits per heavy atom. The first kappa shape index (κ1) is 33.1. The number of ether oxygens (including phenoxy) is 3. The van der Waals surface area contributed by atoms with E-state index < -0.39 is 47.5 Å². The Kier molecular flexibility index (Phi) is 9.28. The van der Waals surface area contributed by atoms with Gasteiger partial charge in [0.15, 0.2) is 0 Å². The van der Waals surface area contributed by atoms with Crippen LogP contribution in [0.15, 0.2) is 35.9 Å². The van der Waals surface area contributed by atoms with Gasteiger partial charge in [0.05, 0.1) is 18.7 Å². The topological polar surface area (TPSA) is 68.3 Å². The van der Waals surface area contributed by atoms with Crippen molar-refractivity contribution in [1.29, 1.82) is 0 Å². The van der Waals surface area contributed by atoms with Gasteiger partial charge in [0.25, 0.3) is 0 Å². The Morgan fingerprint density at radius 1 is 1.11 bits per heavy atom. The van der Waals surface area contributed by atoms with Gasteiger partial charge in [0, 0.05) is 31.3 Å². The van der Waals surface area contributed by atoms with Gasteiger partial charge in [-0.3, -0.25) is 4.90 Å². The largest absolute Gasteiger partial charge is 0.496 e. The number of carbonyl (C=O) groups excluding carboxylic acids is 2. The number of halogens is 4. The van der Waals surface area contributed by atoms with Gasteiger partial charge in [-0.05, 0) is 87.4 Å². The number of hydrogen-bond donors (Lipinski definition) is 0. The highest BCUT2D eigenvalue weighted by atomic mass is 19.4. The zero-order valence-corrected chi connectivity index (χ0v) is 26.4. The van der Waals surface area contributed by atoms with E-state index in [-0.39, 0.29) is 24.6 Å². The Morgan fingerprint density at radius 3 is 2.39 bits per heavy atom. The Labute approximate surface area is 255 Å². The smallest absolute Gasteiger partial charge is 0.416 e. The third kappa shape index (κ3) is 7.13. The second kappa shape index (κ2) is 12.3. The molecule has 44 heavy (non-hydrogen) atoms. The number of alkyl halides is 3. The molecule has 0 N–H and O–H groups in total. The number of methoxy groups -OCH3 is 1. The minimum Gasteiger partial charge on any atom is -0.496 e. The van der Waals surface area contributed by atoms with Crippen molar-refractivity contribution in [2.24, 2.45) is 0 Å². The van der Waals surface area contributed by atoms with Crippen LogP contribution in [0.4, 0.5) is 27.2 Å². The molecular formula is C33H40F4N2O5. The molecule has 0 radical (unpaired) electrons. The van der Waals surface area contributed by atoms with E-state index >= 15 is 0 Å². The minimum atomic E-state index is -4.55. The van der Waals surface area contributed by atoms with Crippen LogP contribution >= 0.6 is 0 Å². The van der Waals surface area contributed by atoms with E-state index in [1.54, 1.807) is 51.7 Å². The van der Waals surface area contributed by atoms with Gasteiger partial charge in [0.2, 0.25) is 0 Å². The highest BCUT2D eigenvalue weighted by Crippen LogP contribution is 2.41. The lowest BCUT2D eigenvalue weighted by atomic mass is 9.89. The number of cyclic esters (lactones) is 1. The van der Waals surface area contributed by atoms with Crippen LogP contribution < -0.4 is 4.74 Å². The SMILES string of the molecule is COc1cc(F)c(C(C)C)cc1C1=C(CN2C(=O)O[C@H](c3cc(C)cc(C(F)(F)F)c3)[C@@H]2C)CN(C(=O)OC(C)(C)C)CC1. The molecule has 7 nitrogen and oxygen atoms in total. The summed E-state index contributed by atoms with van der Waals surface area (Å²) >= 11 is 0. The fourth-order valence-electron chi connectivity index (χ4n) is 5.71. The molecule has 2 aromatic rings. The van der Waals surface area contributed by atoms with Gasteiger partial charge < -0.3 is 19.1 Å². The van der Waals surface area contributed by atoms with E-state index in [4.69, 9.17) is 14.2 Å². The summed E-state index contributed by atoms with van der Waals surface area (Å²) in [5.41, 5.74) is 1.73. The molecule has 1 saturated heterocycles. The molecule has 1 fully saturated rings. The molecule has 2 aliphatic rings. The van der Waals surface area contributed by atoms with Crippen LogP contribution in [0.5, 0.6) is 5.75 Å². The van der Waals surface area contributed by atoms with Crippen LogP contribution in [-0.4, -0.2) is 60.4 Å². The van der Waals surface area contributed by atoms with Crippen LogP contribution in [0.2, 0.25) is 0 Å². The van der Waals surface area contributed by atoms with E-state index in [2.05, 4.69) is 0 Å². The van der Waals surface area contributed by atoms with E-state index in [9.17, 15) is 27.2 Å². The van der Waals surface area contributed by atoms with Crippen LogP contribution in [-0.2, 0) is 15.7 Å². The zero-order chi connectivity index (χ0) is 32.7. The van der Waals surface area contributed by atoms with E-state index in [1.165, 1.54) is 18.1 Å². The van der Waals surface area contributed by atoms with Crippen LogP contribution in [0, 0.1) is 12.7 Å². The molecule has 0 aliphatic carbocycles. The normalized spacial score (nSPS) is 19.5. The maximum absolute atomic E-state index is 14.9. The Balaban J connectivity index is 1.75. The summed E-state index contributed by atoms with van der Waals surface area (Å²) in [6, 6.07) is 6.11. The van der Waals surface area contributed by atoms with Gasteiger partial charge in [0.1, 0.15) is 23.3 Å². The number of aryl methyl sites for hydroxylation is 1. The van der Waals surface area contributed by atoms with E-state index in [0.717, 1.165) is 17.7 Å². The molecule has 0 bridgehead atoms. The lowest BCUT2D eigenvalue weighted by Gasteiger charge is -2.35. The summed E-state index contributed by atoms with van der Waals surface area (Å²) in [5.74, 6) is -0.194. The van der Waals surface area contributed by atoms with Crippen molar-refractivity contribution >= 4 is 17.8 Å².